The predicted octanol–water partition coefficient (Wildman–Crippen LogP) is 5.44. The Morgan fingerprint density at radius 2 is 1.66 bits per heavy atom. The molecule has 2 N–H and O–H groups in total. The van der Waals surface area contributed by atoms with Gasteiger partial charge >= 0.3 is 18.2 Å². The Balaban J connectivity index is 2.26. The fourth-order valence-corrected chi connectivity index (χ4v) is 2.76. The Kier molecular flexibility index (Phi) is 7.71. The van der Waals surface area contributed by atoms with Crippen LogP contribution in [-0.4, -0.2) is 31.3 Å². The van der Waals surface area contributed by atoms with E-state index in [1.54, 1.807) is 20.8 Å². The van der Waals surface area contributed by atoms with Crippen LogP contribution < -0.4 is 10.6 Å². The number of hydrogen-bond donors (Lipinski definition) is 2. The number of rotatable bonds is 6. The van der Waals surface area contributed by atoms with E-state index in [-0.39, 0.29) is 24.2 Å². The van der Waals surface area contributed by atoms with Crippen LogP contribution in [0.1, 0.15) is 42.3 Å². The molecule has 2 aromatic carbocycles. The molecule has 1 amide bonds. The van der Waals surface area contributed by atoms with Crippen molar-refractivity contribution in [1.29, 1.82) is 0 Å². The van der Waals surface area contributed by atoms with Gasteiger partial charge in [-0.3, -0.25) is 0 Å². The fraction of sp³-hybridized carbons (Fsp3) is 0.364. The van der Waals surface area contributed by atoms with Crippen LogP contribution in [-0.2, 0) is 22.1 Å². The average molecular weight is 456 g/mol. The Morgan fingerprint density at radius 1 is 1.00 bits per heavy atom. The number of anilines is 2. The Hall–Kier alpha value is -3.30. The van der Waals surface area contributed by atoms with Gasteiger partial charge in [-0.1, -0.05) is 0 Å². The summed E-state index contributed by atoms with van der Waals surface area (Å²) in [6.07, 6.45) is -5.09. The highest BCUT2D eigenvalue weighted by Gasteiger charge is 2.32. The number of esters is 1. The molecule has 2 rings (SSSR count). The molecule has 0 fully saturated rings. The van der Waals surface area contributed by atoms with Crippen molar-refractivity contribution in [1.82, 2.24) is 5.32 Å². The van der Waals surface area contributed by atoms with Crippen molar-refractivity contribution < 1.29 is 36.6 Å². The van der Waals surface area contributed by atoms with Gasteiger partial charge in [-0.15, -0.1) is 0 Å². The van der Waals surface area contributed by atoms with E-state index in [0.29, 0.717) is 17.3 Å². The van der Waals surface area contributed by atoms with E-state index in [1.807, 2.05) is 0 Å². The molecule has 0 bridgehead atoms. The Morgan fingerprint density at radius 3 is 2.25 bits per heavy atom. The van der Waals surface area contributed by atoms with Gasteiger partial charge in [-0.05, 0) is 69.2 Å². The minimum Gasteiger partial charge on any atom is -0.465 e. The predicted molar refractivity (Wildman–Crippen MR) is 110 cm³/mol. The normalized spacial score (nSPS) is 11.6. The van der Waals surface area contributed by atoms with Crippen LogP contribution in [0.25, 0.3) is 0 Å². The summed E-state index contributed by atoms with van der Waals surface area (Å²) >= 11 is 0. The van der Waals surface area contributed by atoms with Crippen LogP contribution in [0.15, 0.2) is 36.4 Å². The van der Waals surface area contributed by atoms with E-state index < -0.39 is 35.2 Å². The summed E-state index contributed by atoms with van der Waals surface area (Å²) in [4.78, 5) is 23.8. The number of nitrogens with one attached hydrogen (secondary N) is 2. The number of carbonyl (C=O) groups excluding carboxylic acids is 2. The second-order valence-corrected chi connectivity index (χ2v) is 7.85. The molecule has 0 aromatic heterocycles. The van der Waals surface area contributed by atoms with E-state index in [2.05, 4.69) is 15.4 Å². The number of methoxy groups -OCH3 is 1. The second kappa shape index (κ2) is 9.88. The SMILES string of the molecule is COC(=O)c1cc(C(F)(F)F)ccc1Nc1ccc(F)cc1CCNC(=O)OC(C)(C)C. The van der Waals surface area contributed by atoms with Crippen molar-refractivity contribution in [2.45, 2.75) is 39.0 Å². The molecule has 0 heterocycles. The number of alkyl carbamates (subject to hydrolysis) is 1. The fourth-order valence-electron chi connectivity index (χ4n) is 2.76. The lowest BCUT2D eigenvalue weighted by atomic mass is 10.1. The number of hydrogen-bond acceptors (Lipinski definition) is 5. The molecule has 0 aliphatic rings. The molecule has 0 radical (unpaired) electrons. The maximum Gasteiger partial charge on any atom is 0.416 e. The Labute approximate surface area is 182 Å². The average Bonchev–Trinajstić information content (AvgIpc) is 2.67. The van der Waals surface area contributed by atoms with Gasteiger partial charge in [0.25, 0.3) is 0 Å². The van der Waals surface area contributed by atoms with Crippen LogP contribution in [0.5, 0.6) is 0 Å². The molecule has 2 aromatic rings. The zero-order valence-electron chi connectivity index (χ0n) is 18.0. The smallest absolute Gasteiger partial charge is 0.416 e. The first-order valence-electron chi connectivity index (χ1n) is 9.62. The van der Waals surface area contributed by atoms with Crippen LogP contribution >= 0.6 is 0 Å². The van der Waals surface area contributed by atoms with E-state index in [9.17, 15) is 27.2 Å². The molecule has 0 aliphatic heterocycles. The lowest BCUT2D eigenvalue weighted by molar-refractivity contribution is -0.137. The maximum absolute atomic E-state index is 13.8. The molecule has 6 nitrogen and oxygen atoms in total. The lowest BCUT2D eigenvalue weighted by Gasteiger charge is -2.20. The van der Waals surface area contributed by atoms with Crippen molar-refractivity contribution >= 4 is 23.4 Å². The standard InChI is InChI=1S/C22H24F4N2O4/c1-21(2,3)32-20(30)27-10-9-13-11-15(23)6-8-17(13)28-18-7-5-14(22(24,25)26)12-16(18)19(29)31-4/h5-8,11-12,28H,9-10H2,1-4H3,(H,27,30). The highest BCUT2D eigenvalue weighted by molar-refractivity contribution is 5.97. The van der Waals surface area contributed by atoms with Crippen molar-refractivity contribution in [3.05, 3.63) is 58.9 Å². The maximum atomic E-state index is 13.8. The summed E-state index contributed by atoms with van der Waals surface area (Å²) in [5.41, 5.74) is -1.19. The lowest BCUT2D eigenvalue weighted by Crippen LogP contribution is -2.33. The van der Waals surface area contributed by atoms with Gasteiger partial charge in [0.2, 0.25) is 0 Å². The van der Waals surface area contributed by atoms with Crippen molar-refractivity contribution in [3.8, 4) is 0 Å². The number of amides is 1. The highest BCUT2D eigenvalue weighted by atomic mass is 19.4. The molecular formula is C22H24F4N2O4. The quantitative estimate of drug-likeness (QED) is 0.447. The second-order valence-electron chi connectivity index (χ2n) is 7.85. The summed E-state index contributed by atoms with van der Waals surface area (Å²) in [6, 6.07) is 6.37. The number of carbonyl (C=O) groups is 2. The largest absolute Gasteiger partial charge is 0.465 e. The molecule has 0 saturated heterocycles. The minimum atomic E-state index is -4.64. The van der Waals surface area contributed by atoms with E-state index in [0.717, 1.165) is 25.3 Å². The molecule has 0 saturated carbocycles. The third-order valence-corrected chi connectivity index (χ3v) is 4.15. The van der Waals surface area contributed by atoms with Gasteiger partial charge in [-0.2, -0.15) is 13.2 Å². The summed E-state index contributed by atoms with van der Waals surface area (Å²) in [5.74, 6) is -1.50. The number of alkyl halides is 3. The summed E-state index contributed by atoms with van der Waals surface area (Å²) in [7, 11) is 1.05. The first-order chi connectivity index (χ1) is 14.8. The van der Waals surface area contributed by atoms with Gasteiger partial charge in [0.05, 0.1) is 23.9 Å². The molecular weight excluding hydrogens is 432 g/mol. The molecule has 0 unspecified atom stereocenters. The number of ether oxygens (including phenoxy) is 2. The van der Waals surface area contributed by atoms with Gasteiger partial charge in [0.15, 0.2) is 0 Å². The Bertz CT molecular complexity index is 985. The van der Waals surface area contributed by atoms with Gasteiger partial charge < -0.3 is 20.1 Å². The van der Waals surface area contributed by atoms with E-state index in [4.69, 9.17) is 4.74 Å². The van der Waals surface area contributed by atoms with Crippen LogP contribution in [0.4, 0.5) is 33.7 Å². The van der Waals surface area contributed by atoms with E-state index >= 15 is 0 Å². The number of halogens is 4. The first-order valence-corrected chi connectivity index (χ1v) is 9.62. The van der Waals surface area contributed by atoms with Crippen molar-refractivity contribution in [2.75, 3.05) is 19.0 Å². The highest BCUT2D eigenvalue weighted by Crippen LogP contribution is 2.33. The van der Waals surface area contributed by atoms with E-state index in [1.165, 1.54) is 12.1 Å². The van der Waals surface area contributed by atoms with Crippen LogP contribution in [0.2, 0.25) is 0 Å². The third-order valence-electron chi connectivity index (χ3n) is 4.15. The molecule has 0 atom stereocenters. The molecule has 0 aliphatic carbocycles. The van der Waals surface area contributed by atoms with Gasteiger partial charge in [-0.25, -0.2) is 14.0 Å². The molecule has 32 heavy (non-hydrogen) atoms. The van der Waals surface area contributed by atoms with Crippen molar-refractivity contribution in [2.24, 2.45) is 0 Å². The third kappa shape index (κ3) is 7.14. The van der Waals surface area contributed by atoms with Gasteiger partial charge in [0, 0.05) is 12.2 Å². The minimum absolute atomic E-state index is 0.0535. The monoisotopic (exact) mass is 456 g/mol. The molecule has 174 valence electrons. The van der Waals surface area contributed by atoms with Gasteiger partial charge in [0.1, 0.15) is 11.4 Å². The van der Waals surface area contributed by atoms with Crippen LogP contribution in [0.3, 0.4) is 0 Å². The topological polar surface area (TPSA) is 76.7 Å². The number of benzene rings is 2. The summed E-state index contributed by atoms with van der Waals surface area (Å²) in [6.45, 7) is 5.25. The summed E-state index contributed by atoms with van der Waals surface area (Å²) in [5, 5.41) is 5.41. The zero-order valence-corrected chi connectivity index (χ0v) is 18.0. The van der Waals surface area contributed by atoms with Crippen molar-refractivity contribution in [3.63, 3.8) is 0 Å². The zero-order chi connectivity index (χ0) is 24.1. The van der Waals surface area contributed by atoms with Crippen LogP contribution in [0, 0.1) is 5.82 Å². The molecule has 10 heteroatoms. The first kappa shape index (κ1) is 25.0. The summed E-state index contributed by atoms with van der Waals surface area (Å²) < 4.78 is 62.7. The molecule has 0 spiro atoms.